The standard InChI is InChI=1S/C15H29NO/c1-3-12-16-15(11-13-17-4-2)14-9-7-5-6-8-10-14/h9,15-16H,3-8,10-13H2,1-2H3. The molecular formula is C15H29NO. The predicted octanol–water partition coefficient (Wildman–Crippen LogP) is 3.67. The van der Waals surface area contributed by atoms with Crippen LogP contribution in [-0.4, -0.2) is 25.8 Å². The number of allylic oxidation sites excluding steroid dienone is 1. The summed E-state index contributed by atoms with van der Waals surface area (Å²) in [6.07, 6.45) is 11.5. The first-order valence-corrected chi connectivity index (χ1v) is 7.38. The molecule has 1 rings (SSSR count). The van der Waals surface area contributed by atoms with E-state index in [4.69, 9.17) is 4.74 Å². The molecule has 0 aliphatic heterocycles. The Morgan fingerprint density at radius 2 is 2.18 bits per heavy atom. The van der Waals surface area contributed by atoms with E-state index in [1.807, 2.05) is 0 Å². The Morgan fingerprint density at radius 1 is 1.29 bits per heavy atom. The van der Waals surface area contributed by atoms with E-state index in [1.54, 1.807) is 5.57 Å². The lowest BCUT2D eigenvalue weighted by Gasteiger charge is -2.21. The highest BCUT2D eigenvalue weighted by Gasteiger charge is 2.14. The maximum Gasteiger partial charge on any atom is 0.0483 e. The Kier molecular flexibility index (Phi) is 8.37. The molecule has 1 aliphatic rings. The van der Waals surface area contributed by atoms with Crippen molar-refractivity contribution in [2.24, 2.45) is 0 Å². The van der Waals surface area contributed by atoms with E-state index in [0.29, 0.717) is 6.04 Å². The van der Waals surface area contributed by atoms with Crippen LogP contribution in [0.25, 0.3) is 0 Å². The lowest BCUT2D eigenvalue weighted by Crippen LogP contribution is -2.33. The second kappa shape index (κ2) is 9.67. The Balaban J connectivity index is 2.44. The molecular weight excluding hydrogens is 210 g/mol. The minimum absolute atomic E-state index is 0.555. The largest absolute Gasteiger partial charge is 0.382 e. The Hall–Kier alpha value is -0.340. The van der Waals surface area contributed by atoms with Gasteiger partial charge in [0.15, 0.2) is 0 Å². The molecule has 0 fully saturated rings. The molecule has 0 aromatic rings. The fourth-order valence-corrected chi connectivity index (χ4v) is 2.44. The van der Waals surface area contributed by atoms with Gasteiger partial charge in [-0.1, -0.05) is 25.0 Å². The SMILES string of the molecule is CCCNC(CCOCC)C1=CCCCCC1. The van der Waals surface area contributed by atoms with Crippen LogP contribution in [0, 0.1) is 0 Å². The number of hydrogen-bond donors (Lipinski definition) is 1. The Morgan fingerprint density at radius 3 is 2.94 bits per heavy atom. The van der Waals surface area contributed by atoms with E-state index in [0.717, 1.165) is 26.2 Å². The van der Waals surface area contributed by atoms with Crippen molar-refractivity contribution in [3.8, 4) is 0 Å². The van der Waals surface area contributed by atoms with Crippen LogP contribution in [0.2, 0.25) is 0 Å². The van der Waals surface area contributed by atoms with E-state index in [-0.39, 0.29) is 0 Å². The molecule has 0 saturated carbocycles. The maximum atomic E-state index is 5.50. The first-order chi connectivity index (χ1) is 8.38. The molecule has 0 amide bonds. The third-order valence-corrected chi connectivity index (χ3v) is 3.42. The monoisotopic (exact) mass is 239 g/mol. The van der Waals surface area contributed by atoms with Gasteiger partial charge >= 0.3 is 0 Å². The molecule has 0 aromatic carbocycles. The fourth-order valence-electron chi connectivity index (χ4n) is 2.44. The van der Waals surface area contributed by atoms with Crippen LogP contribution in [0.1, 0.15) is 58.8 Å². The number of nitrogens with one attached hydrogen (secondary N) is 1. The smallest absolute Gasteiger partial charge is 0.0483 e. The molecule has 0 saturated heterocycles. The topological polar surface area (TPSA) is 21.3 Å². The van der Waals surface area contributed by atoms with Crippen LogP contribution in [0.3, 0.4) is 0 Å². The van der Waals surface area contributed by atoms with Gasteiger partial charge in [0.1, 0.15) is 0 Å². The van der Waals surface area contributed by atoms with Gasteiger partial charge in [-0.15, -0.1) is 0 Å². The van der Waals surface area contributed by atoms with E-state index in [9.17, 15) is 0 Å². The first kappa shape index (κ1) is 14.7. The number of hydrogen-bond acceptors (Lipinski definition) is 2. The summed E-state index contributed by atoms with van der Waals surface area (Å²) in [5.74, 6) is 0. The Bertz CT molecular complexity index is 213. The predicted molar refractivity (Wildman–Crippen MR) is 74.4 cm³/mol. The fraction of sp³-hybridized carbons (Fsp3) is 0.867. The van der Waals surface area contributed by atoms with E-state index < -0.39 is 0 Å². The van der Waals surface area contributed by atoms with Gasteiger partial charge in [-0.25, -0.2) is 0 Å². The molecule has 1 aliphatic carbocycles. The lowest BCUT2D eigenvalue weighted by molar-refractivity contribution is 0.139. The molecule has 2 heteroatoms. The van der Waals surface area contributed by atoms with E-state index in [1.165, 1.54) is 38.5 Å². The zero-order valence-corrected chi connectivity index (χ0v) is 11.6. The van der Waals surface area contributed by atoms with Gasteiger partial charge in [0.05, 0.1) is 0 Å². The second-order valence-electron chi connectivity index (χ2n) is 4.87. The van der Waals surface area contributed by atoms with Gasteiger partial charge in [-0.05, 0) is 52.0 Å². The van der Waals surface area contributed by atoms with Crippen LogP contribution >= 0.6 is 0 Å². The quantitative estimate of drug-likeness (QED) is 0.515. The molecule has 0 radical (unpaired) electrons. The van der Waals surface area contributed by atoms with Crippen molar-refractivity contribution in [1.29, 1.82) is 0 Å². The Labute approximate surface area is 107 Å². The van der Waals surface area contributed by atoms with Gasteiger partial charge in [0.2, 0.25) is 0 Å². The number of ether oxygens (including phenoxy) is 1. The molecule has 1 N–H and O–H groups in total. The highest BCUT2D eigenvalue weighted by Crippen LogP contribution is 2.21. The molecule has 100 valence electrons. The normalized spacial score (nSPS) is 18.6. The zero-order valence-electron chi connectivity index (χ0n) is 11.6. The highest BCUT2D eigenvalue weighted by molar-refractivity contribution is 5.12. The summed E-state index contributed by atoms with van der Waals surface area (Å²) in [6, 6.07) is 0.555. The average molecular weight is 239 g/mol. The van der Waals surface area contributed by atoms with Crippen LogP contribution in [0.5, 0.6) is 0 Å². The third kappa shape index (κ3) is 6.23. The average Bonchev–Trinajstić information content (AvgIpc) is 2.62. The van der Waals surface area contributed by atoms with Gasteiger partial charge in [-0.3, -0.25) is 0 Å². The summed E-state index contributed by atoms with van der Waals surface area (Å²) in [5, 5.41) is 3.68. The lowest BCUT2D eigenvalue weighted by atomic mass is 9.99. The van der Waals surface area contributed by atoms with Gasteiger partial charge < -0.3 is 10.1 Å². The van der Waals surface area contributed by atoms with Gasteiger partial charge in [0, 0.05) is 19.3 Å². The minimum Gasteiger partial charge on any atom is -0.382 e. The number of rotatable bonds is 8. The molecule has 0 spiro atoms. The molecule has 0 bridgehead atoms. The van der Waals surface area contributed by atoms with Crippen molar-refractivity contribution in [2.45, 2.75) is 64.8 Å². The summed E-state index contributed by atoms with van der Waals surface area (Å²) in [5.41, 5.74) is 1.63. The van der Waals surface area contributed by atoms with Crippen molar-refractivity contribution in [3.63, 3.8) is 0 Å². The summed E-state index contributed by atoms with van der Waals surface area (Å²) >= 11 is 0. The highest BCUT2D eigenvalue weighted by atomic mass is 16.5. The maximum absolute atomic E-state index is 5.50. The third-order valence-electron chi connectivity index (χ3n) is 3.42. The molecule has 0 aromatic heterocycles. The van der Waals surface area contributed by atoms with E-state index in [2.05, 4.69) is 25.2 Å². The van der Waals surface area contributed by atoms with Crippen molar-refractivity contribution < 1.29 is 4.74 Å². The van der Waals surface area contributed by atoms with Crippen LogP contribution in [-0.2, 0) is 4.74 Å². The summed E-state index contributed by atoms with van der Waals surface area (Å²) in [7, 11) is 0. The second-order valence-corrected chi connectivity index (χ2v) is 4.87. The molecule has 0 heterocycles. The summed E-state index contributed by atoms with van der Waals surface area (Å²) in [4.78, 5) is 0. The van der Waals surface area contributed by atoms with Gasteiger partial charge in [-0.2, -0.15) is 0 Å². The van der Waals surface area contributed by atoms with Crippen molar-refractivity contribution in [3.05, 3.63) is 11.6 Å². The molecule has 1 atom stereocenters. The van der Waals surface area contributed by atoms with Crippen LogP contribution in [0.4, 0.5) is 0 Å². The van der Waals surface area contributed by atoms with Crippen molar-refractivity contribution >= 4 is 0 Å². The summed E-state index contributed by atoms with van der Waals surface area (Å²) < 4.78 is 5.50. The molecule has 2 nitrogen and oxygen atoms in total. The van der Waals surface area contributed by atoms with Crippen molar-refractivity contribution in [2.75, 3.05) is 19.8 Å². The first-order valence-electron chi connectivity index (χ1n) is 7.38. The molecule has 1 unspecified atom stereocenters. The van der Waals surface area contributed by atoms with Gasteiger partial charge in [0.25, 0.3) is 0 Å². The summed E-state index contributed by atoms with van der Waals surface area (Å²) in [6.45, 7) is 7.14. The zero-order chi connectivity index (χ0) is 12.3. The van der Waals surface area contributed by atoms with Crippen LogP contribution < -0.4 is 5.32 Å². The molecule has 17 heavy (non-hydrogen) atoms. The van der Waals surface area contributed by atoms with Crippen LogP contribution in [0.15, 0.2) is 11.6 Å². The van der Waals surface area contributed by atoms with Crippen molar-refractivity contribution in [1.82, 2.24) is 5.32 Å². The van der Waals surface area contributed by atoms with E-state index >= 15 is 0 Å². The minimum atomic E-state index is 0.555.